The van der Waals surface area contributed by atoms with E-state index in [1.807, 2.05) is 31.2 Å². The maximum atomic E-state index is 5.44. The lowest BCUT2D eigenvalue weighted by molar-refractivity contribution is 0.146. The number of ether oxygens (including phenoxy) is 1. The first-order valence-corrected chi connectivity index (χ1v) is 7.77. The van der Waals surface area contributed by atoms with E-state index in [9.17, 15) is 0 Å². The first-order chi connectivity index (χ1) is 10.8. The summed E-state index contributed by atoms with van der Waals surface area (Å²) in [4.78, 5) is 6.86. The van der Waals surface area contributed by atoms with Crippen LogP contribution < -0.4 is 10.1 Å². The molecule has 1 aliphatic heterocycles. The third-order valence-corrected chi connectivity index (χ3v) is 3.87. The summed E-state index contributed by atoms with van der Waals surface area (Å²) in [6.07, 6.45) is 0. The Kier molecular flexibility index (Phi) is 4.70. The van der Waals surface area contributed by atoms with E-state index in [1.54, 1.807) is 0 Å². The molecular weight excluding hydrogens is 280 g/mol. The molecule has 6 nitrogen and oxygen atoms in total. The number of aromatic nitrogens is 2. The molecule has 2 aromatic rings. The second kappa shape index (κ2) is 6.89. The normalized spacial score (nSPS) is 19.3. The van der Waals surface area contributed by atoms with E-state index in [0.29, 0.717) is 30.9 Å². The summed E-state index contributed by atoms with van der Waals surface area (Å²) in [7, 11) is 0. The lowest BCUT2D eigenvalue weighted by Crippen LogP contribution is -2.49. The van der Waals surface area contributed by atoms with Gasteiger partial charge in [-0.2, -0.15) is 4.98 Å². The molecule has 0 amide bonds. The van der Waals surface area contributed by atoms with Gasteiger partial charge in [0.1, 0.15) is 5.75 Å². The average Bonchev–Trinajstić information content (AvgIpc) is 2.99. The van der Waals surface area contributed by atoms with Crippen molar-refractivity contribution in [3.63, 3.8) is 0 Å². The van der Waals surface area contributed by atoms with Crippen molar-refractivity contribution in [2.45, 2.75) is 26.4 Å². The first kappa shape index (κ1) is 15.0. The fourth-order valence-electron chi connectivity index (χ4n) is 2.59. The van der Waals surface area contributed by atoms with Gasteiger partial charge in [-0.25, -0.2) is 0 Å². The molecule has 22 heavy (non-hydrogen) atoms. The van der Waals surface area contributed by atoms with E-state index < -0.39 is 0 Å². The van der Waals surface area contributed by atoms with Gasteiger partial charge < -0.3 is 14.6 Å². The Morgan fingerprint density at radius 3 is 2.91 bits per heavy atom. The quantitative estimate of drug-likeness (QED) is 0.910. The summed E-state index contributed by atoms with van der Waals surface area (Å²) in [5.74, 6) is 2.14. The molecule has 6 heteroatoms. The highest BCUT2D eigenvalue weighted by Crippen LogP contribution is 2.20. The second-order valence-corrected chi connectivity index (χ2v) is 5.49. The summed E-state index contributed by atoms with van der Waals surface area (Å²) < 4.78 is 10.8. The number of rotatable bonds is 5. The summed E-state index contributed by atoms with van der Waals surface area (Å²) in [5.41, 5.74) is 0.937. The lowest BCUT2D eigenvalue weighted by Gasteiger charge is -2.32. The number of piperazine rings is 1. The molecule has 1 aliphatic rings. The fraction of sp³-hybridized carbons (Fsp3) is 0.500. The zero-order valence-corrected chi connectivity index (χ0v) is 13.1. The van der Waals surface area contributed by atoms with Crippen molar-refractivity contribution in [1.29, 1.82) is 0 Å². The van der Waals surface area contributed by atoms with E-state index in [4.69, 9.17) is 9.26 Å². The van der Waals surface area contributed by atoms with Crippen LogP contribution in [0.3, 0.4) is 0 Å². The Bertz CT molecular complexity index is 596. The maximum absolute atomic E-state index is 5.44. The molecule has 0 saturated carbocycles. The van der Waals surface area contributed by atoms with E-state index in [1.165, 1.54) is 0 Å². The predicted molar refractivity (Wildman–Crippen MR) is 83.6 cm³/mol. The zero-order valence-electron chi connectivity index (χ0n) is 13.1. The molecule has 0 aliphatic carbocycles. The highest BCUT2D eigenvalue weighted by atomic mass is 16.5. The Labute approximate surface area is 130 Å². The minimum Gasteiger partial charge on any atom is -0.494 e. The minimum atomic E-state index is 0.481. The number of nitrogens with one attached hydrogen (secondary N) is 1. The van der Waals surface area contributed by atoms with Gasteiger partial charge in [0, 0.05) is 31.2 Å². The topological polar surface area (TPSA) is 63.4 Å². The average molecular weight is 302 g/mol. The van der Waals surface area contributed by atoms with Gasteiger partial charge in [-0.15, -0.1) is 0 Å². The molecule has 1 atom stereocenters. The number of hydrogen-bond acceptors (Lipinski definition) is 6. The molecule has 1 aromatic heterocycles. The summed E-state index contributed by atoms with van der Waals surface area (Å²) in [6, 6.07) is 8.23. The molecule has 1 aromatic carbocycles. The molecule has 1 saturated heterocycles. The van der Waals surface area contributed by atoms with Crippen molar-refractivity contribution in [1.82, 2.24) is 20.4 Å². The van der Waals surface area contributed by atoms with Crippen LogP contribution in [0.1, 0.15) is 19.7 Å². The van der Waals surface area contributed by atoms with Gasteiger partial charge in [0.25, 0.3) is 0 Å². The van der Waals surface area contributed by atoms with Crippen molar-refractivity contribution in [3.05, 3.63) is 30.2 Å². The fourth-order valence-corrected chi connectivity index (χ4v) is 2.59. The van der Waals surface area contributed by atoms with E-state index in [2.05, 4.69) is 27.3 Å². The molecule has 0 radical (unpaired) electrons. The van der Waals surface area contributed by atoms with Crippen molar-refractivity contribution in [2.24, 2.45) is 0 Å². The summed E-state index contributed by atoms with van der Waals surface area (Å²) in [6.45, 7) is 8.54. The molecule has 3 rings (SSSR count). The third-order valence-electron chi connectivity index (χ3n) is 3.87. The number of hydrogen-bond donors (Lipinski definition) is 1. The number of nitrogens with zero attached hydrogens (tertiary/aromatic N) is 3. The molecule has 1 fully saturated rings. The molecule has 2 heterocycles. The molecular formula is C16H22N4O2. The van der Waals surface area contributed by atoms with E-state index in [0.717, 1.165) is 30.9 Å². The summed E-state index contributed by atoms with van der Waals surface area (Å²) >= 11 is 0. The van der Waals surface area contributed by atoms with E-state index in [-0.39, 0.29) is 0 Å². The van der Waals surface area contributed by atoms with Gasteiger partial charge in [-0.05, 0) is 38.1 Å². The van der Waals surface area contributed by atoms with E-state index >= 15 is 0 Å². The lowest BCUT2D eigenvalue weighted by atomic mass is 10.2. The third kappa shape index (κ3) is 3.45. The summed E-state index contributed by atoms with van der Waals surface area (Å²) in [5, 5.41) is 7.46. The van der Waals surface area contributed by atoms with Crippen LogP contribution in [0.2, 0.25) is 0 Å². The van der Waals surface area contributed by atoms with Crippen LogP contribution in [0.25, 0.3) is 11.4 Å². The standard InChI is InChI=1S/C16H22N4O2/c1-3-21-14-6-4-13(5-7-14)16-18-15(22-19-16)11-20-9-8-17-10-12(20)2/h4-7,12,17H,3,8-11H2,1-2H3/t12-/m0/s1. The smallest absolute Gasteiger partial charge is 0.241 e. The van der Waals surface area contributed by atoms with Gasteiger partial charge >= 0.3 is 0 Å². The first-order valence-electron chi connectivity index (χ1n) is 7.77. The van der Waals surface area contributed by atoms with Crippen molar-refractivity contribution in [3.8, 4) is 17.1 Å². The second-order valence-electron chi connectivity index (χ2n) is 5.49. The zero-order chi connectivity index (χ0) is 15.4. The molecule has 1 N–H and O–H groups in total. The van der Waals surface area contributed by atoms with Gasteiger partial charge in [0.05, 0.1) is 13.2 Å². The van der Waals surface area contributed by atoms with Crippen molar-refractivity contribution >= 4 is 0 Å². The van der Waals surface area contributed by atoms with Crippen molar-refractivity contribution < 1.29 is 9.26 Å². The Morgan fingerprint density at radius 1 is 1.36 bits per heavy atom. The molecule has 0 unspecified atom stereocenters. The van der Waals surface area contributed by atoms with Crippen molar-refractivity contribution in [2.75, 3.05) is 26.2 Å². The SMILES string of the molecule is CCOc1ccc(-c2noc(CN3CCNC[C@@H]3C)n2)cc1. The van der Waals surface area contributed by atoms with Crippen LogP contribution in [0, 0.1) is 0 Å². The Morgan fingerprint density at radius 2 is 2.18 bits per heavy atom. The maximum Gasteiger partial charge on any atom is 0.241 e. The highest BCUT2D eigenvalue weighted by Gasteiger charge is 2.20. The Hall–Kier alpha value is -1.92. The molecule has 118 valence electrons. The van der Waals surface area contributed by atoms with Crippen LogP contribution in [-0.4, -0.2) is 47.3 Å². The monoisotopic (exact) mass is 302 g/mol. The van der Waals surface area contributed by atoms with Gasteiger partial charge in [-0.3, -0.25) is 4.90 Å². The van der Waals surface area contributed by atoms with Crippen LogP contribution in [0.4, 0.5) is 0 Å². The van der Waals surface area contributed by atoms with Gasteiger partial charge in [-0.1, -0.05) is 5.16 Å². The molecule has 0 spiro atoms. The van der Waals surface area contributed by atoms with Crippen LogP contribution in [0.5, 0.6) is 5.75 Å². The highest BCUT2D eigenvalue weighted by molar-refractivity contribution is 5.55. The van der Waals surface area contributed by atoms with Crippen LogP contribution in [-0.2, 0) is 6.54 Å². The largest absolute Gasteiger partial charge is 0.494 e. The molecule has 0 bridgehead atoms. The minimum absolute atomic E-state index is 0.481. The van der Waals surface area contributed by atoms with Gasteiger partial charge in [0.2, 0.25) is 11.7 Å². The number of benzene rings is 1. The van der Waals surface area contributed by atoms with Crippen LogP contribution >= 0.6 is 0 Å². The van der Waals surface area contributed by atoms with Gasteiger partial charge in [0.15, 0.2) is 0 Å². The Balaban J connectivity index is 1.67. The van der Waals surface area contributed by atoms with Crippen LogP contribution in [0.15, 0.2) is 28.8 Å². The predicted octanol–water partition coefficient (Wildman–Crippen LogP) is 1.93.